The molecule has 142 valence electrons. The van der Waals surface area contributed by atoms with Gasteiger partial charge in [-0.1, -0.05) is 30.3 Å². The van der Waals surface area contributed by atoms with E-state index in [4.69, 9.17) is 4.74 Å². The molecule has 0 unspecified atom stereocenters. The quantitative estimate of drug-likeness (QED) is 0.805. The minimum Gasteiger partial charge on any atom is -0.444 e. The van der Waals surface area contributed by atoms with Crippen molar-refractivity contribution in [1.29, 1.82) is 0 Å². The maximum atomic E-state index is 12.3. The van der Waals surface area contributed by atoms with Gasteiger partial charge in [0, 0.05) is 49.8 Å². The molecule has 2 aliphatic heterocycles. The highest BCUT2D eigenvalue weighted by Gasteiger charge is 2.43. The Labute approximate surface area is 161 Å². The van der Waals surface area contributed by atoms with Gasteiger partial charge in [-0.05, 0) is 38.5 Å². The van der Waals surface area contributed by atoms with Crippen molar-refractivity contribution in [3.63, 3.8) is 0 Å². The summed E-state index contributed by atoms with van der Waals surface area (Å²) in [6.45, 7) is 9.18. The van der Waals surface area contributed by atoms with Gasteiger partial charge in [0.1, 0.15) is 11.4 Å². The van der Waals surface area contributed by atoms with Crippen LogP contribution in [0.1, 0.15) is 20.8 Å². The van der Waals surface area contributed by atoms with Crippen LogP contribution >= 0.6 is 0 Å². The van der Waals surface area contributed by atoms with Gasteiger partial charge in [-0.25, -0.2) is 9.78 Å². The molecule has 5 heteroatoms. The predicted octanol–water partition coefficient (Wildman–Crippen LogP) is 4.05. The van der Waals surface area contributed by atoms with Crippen LogP contribution < -0.4 is 4.90 Å². The van der Waals surface area contributed by atoms with Crippen molar-refractivity contribution < 1.29 is 9.53 Å². The Morgan fingerprint density at radius 3 is 2.19 bits per heavy atom. The van der Waals surface area contributed by atoms with Crippen LogP contribution in [0.3, 0.4) is 0 Å². The fraction of sp³-hybridized carbons (Fsp3) is 0.455. The van der Waals surface area contributed by atoms with E-state index in [0.717, 1.165) is 37.6 Å². The third-order valence-corrected chi connectivity index (χ3v) is 5.32. The second-order valence-corrected chi connectivity index (χ2v) is 8.58. The molecular weight excluding hydrogens is 338 g/mol. The summed E-state index contributed by atoms with van der Waals surface area (Å²) >= 11 is 0. The van der Waals surface area contributed by atoms with Gasteiger partial charge in [0.05, 0.1) is 0 Å². The lowest BCUT2D eigenvalue weighted by Gasteiger charge is -2.26. The Hall–Kier alpha value is -2.56. The van der Waals surface area contributed by atoms with Crippen LogP contribution in [0.4, 0.5) is 10.6 Å². The highest BCUT2D eigenvalue weighted by Crippen LogP contribution is 2.34. The van der Waals surface area contributed by atoms with Crippen molar-refractivity contribution in [3.8, 4) is 11.1 Å². The summed E-state index contributed by atoms with van der Waals surface area (Å²) in [4.78, 5) is 21.2. The number of anilines is 1. The summed E-state index contributed by atoms with van der Waals surface area (Å²) in [5.74, 6) is 2.01. The fourth-order valence-electron chi connectivity index (χ4n) is 4.03. The van der Waals surface area contributed by atoms with E-state index in [0.29, 0.717) is 11.8 Å². The molecule has 2 aliphatic rings. The molecule has 1 amide bonds. The first-order chi connectivity index (χ1) is 12.9. The van der Waals surface area contributed by atoms with E-state index >= 15 is 0 Å². The topological polar surface area (TPSA) is 45.7 Å². The zero-order chi connectivity index (χ0) is 19.0. The number of fused-ring (bicyclic) bond motifs is 1. The van der Waals surface area contributed by atoms with Gasteiger partial charge in [-0.2, -0.15) is 0 Å². The fourth-order valence-corrected chi connectivity index (χ4v) is 4.03. The molecule has 27 heavy (non-hydrogen) atoms. The highest BCUT2D eigenvalue weighted by molar-refractivity contribution is 5.69. The molecule has 1 aromatic heterocycles. The number of likely N-dealkylation sites (tertiary alicyclic amines) is 1. The number of hydrogen-bond acceptors (Lipinski definition) is 4. The summed E-state index contributed by atoms with van der Waals surface area (Å²) in [5, 5.41) is 0. The maximum Gasteiger partial charge on any atom is 0.410 e. The lowest BCUT2D eigenvalue weighted by atomic mass is 10.0. The van der Waals surface area contributed by atoms with Gasteiger partial charge in [-0.15, -0.1) is 0 Å². The smallest absolute Gasteiger partial charge is 0.410 e. The van der Waals surface area contributed by atoms with Gasteiger partial charge in [-0.3, -0.25) is 0 Å². The number of ether oxygens (including phenoxy) is 1. The molecule has 0 bridgehead atoms. The van der Waals surface area contributed by atoms with Crippen LogP contribution in [0.5, 0.6) is 0 Å². The van der Waals surface area contributed by atoms with Crippen LogP contribution in [0.2, 0.25) is 0 Å². The van der Waals surface area contributed by atoms with Crippen LogP contribution in [0.25, 0.3) is 11.1 Å². The molecule has 1 aromatic carbocycles. The standard InChI is InChI=1S/C22H27N3O2/c1-22(2,3)27-21(26)25-14-18-12-24(13-19(18)15-25)20-10-9-17(11-23-20)16-7-5-4-6-8-16/h4-11,18-19H,12-15H2,1-3H3/t18-,19+. The molecule has 0 spiro atoms. The third kappa shape index (κ3) is 3.92. The van der Waals surface area contributed by atoms with Gasteiger partial charge in [0.2, 0.25) is 0 Å². The van der Waals surface area contributed by atoms with Crippen molar-refractivity contribution in [3.05, 3.63) is 48.7 Å². The number of amides is 1. The summed E-state index contributed by atoms with van der Waals surface area (Å²) in [6, 6.07) is 14.6. The van der Waals surface area contributed by atoms with E-state index in [2.05, 4.69) is 34.1 Å². The van der Waals surface area contributed by atoms with Gasteiger partial charge in [0.25, 0.3) is 0 Å². The molecule has 0 radical (unpaired) electrons. The molecule has 0 aliphatic carbocycles. The minimum atomic E-state index is -0.439. The Morgan fingerprint density at radius 1 is 0.963 bits per heavy atom. The Bertz CT molecular complexity index is 785. The average molecular weight is 365 g/mol. The predicted molar refractivity (Wildman–Crippen MR) is 107 cm³/mol. The van der Waals surface area contributed by atoms with E-state index in [9.17, 15) is 4.79 Å². The molecule has 4 rings (SSSR count). The highest BCUT2D eigenvalue weighted by atomic mass is 16.6. The number of carbonyl (C=O) groups excluding carboxylic acids is 1. The Morgan fingerprint density at radius 2 is 1.63 bits per heavy atom. The summed E-state index contributed by atoms with van der Waals surface area (Å²) in [7, 11) is 0. The zero-order valence-corrected chi connectivity index (χ0v) is 16.3. The van der Waals surface area contributed by atoms with E-state index < -0.39 is 5.60 Å². The minimum absolute atomic E-state index is 0.186. The lowest BCUT2D eigenvalue weighted by Crippen LogP contribution is -2.37. The molecular formula is C22H27N3O2. The third-order valence-electron chi connectivity index (χ3n) is 5.32. The van der Waals surface area contributed by atoms with Gasteiger partial charge in [0.15, 0.2) is 0 Å². The van der Waals surface area contributed by atoms with Crippen molar-refractivity contribution in [2.75, 3.05) is 31.1 Å². The number of rotatable bonds is 2. The van der Waals surface area contributed by atoms with E-state index in [-0.39, 0.29) is 6.09 Å². The normalized spacial score (nSPS) is 22.0. The van der Waals surface area contributed by atoms with Gasteiger partial charge < -0.3 is 14.5 Å². The van der Waals surface area contributed by atoms with Crippen LogP contribution in [0, 0.1) is 11.8 Å². The molecule has 2 aromatic rings. The van der Waals surface area contributed by atoms with Crippen molar-refractivity contribution in [1.82, 2.24) is 9.88 Å². The van der Waals surface area contributed by atoms with Crippen molar-refractivity contribution in [2.24, 2.45) is 11.8 Å². The first kappa shape index (κ1) is 17.8. The first-order valence-electron chi connectivity index (χ1n) is 9.63. The van der Waals surface area contributed by atoms with E-state index in [1.54, 1.807) is 0 Å². The monoisotopic (exact) mass is 365 g/mol. The van der Waals surface area contributed by atoms with Crippen molar-refractivity contribution in [2.45, 2.75) is 26.4 Å². The van der Waals surface area contributed by atoms with Crippen LogP contribution in [-0.4, -0.2) is 47.8 Å². The second-order valence-electron chi connectivity index (χ2n) is 8.58. The number of pyridine rings is 1. The van der Waals surface area contributed by atoms with Crippen LogP contribution in [-0.2, 0) is 4.74 Å². The summed E-state index contributed by atoms with van der Waals surface area (Å²) < 4.78 is 5.51. The molecule has 2 fully saturated rings. The molecule has 5 nitrogen and oxygen atoms in total. The second kappa shape index (κ2) is 6.87. The average Bonchev–Trinajstić information content (AvgIpc) is 3.20. The number of benzene rings is 1. The van der Waals surface area contributed by atoms with Crippen LogP contribution in [0.15, 0.2) is 48.7 Å². The Balaban J connectivity index is 1.37. The summed E-state index contributed by atoms with van der Waals surface area (Å²) in [6.07, 6.45) is 1.76. The number of aromatic nitrogens is 1. The number of hydrogen-bond donors (Lipinski definition) is 0. The molecule has 2 atom stereocenters. The zero-order valence-electron chi connectivity index (χ0n) is 16.3. The molecule has 2 saturated heterocycles. The molecule has 0 N–H and O–H groups in total. The number of carbonyl (C=O) groups is 1. The maximum absolute atomic E-state index is 12.3. The summed E-state index contributed by atoms with van der Waals surface area (Å²) in [5.41, 5.74) is 1.88. The largest absolute Gasteiger partial charge is 0.444 e. The van der Waals surface area contributed by atoms with E-state index in [1.807, 2.05) is 50.1 Å². The van der Waals surface area contributed by atoms with Crippen molar-refractivity contribution >= 4 is 11.9 Å². The lowest BCUT2D eigenvalue weighted by molar-refractivity contribution is 0.0282. The first-order valence-corrected chi connectivity index (χ1v) is 9.63. The SMILES string of the molecule is CC(C)(C)OC(=O)N1C[C@@H]2CN(c3ccc(-c4ccccc4)cn3)C[C@@H]2C1. The molecule has 0 saturated carbocycles. The van der Waals surface area contributed by atoms with E-state index in [1.165, 1.54) is 5.56 Å². The van der Waals surface area contributed by atoms with Gasteiger partial charge >= 0.3 is 6.09 Å². The molecule has 3 heterocycles. The number of nitrogens with zero attached hydrogens (tertiary/aromatic N) is 3. The Kier molecular flexibility index (Phi) is 4.54.